The van der Waals surface area contributed by atoms with Gasteiger partial charge in [0, 0.05) is 31.7 Å². The van der Waals surface area contributed by atoms with E-state index in [0.29, 0.717) is 25.2 Å². The molecule has 1 atom stereocenters. The molecule has 2 saturated heterocycles. The van der Waals surface area contributed by atoms with E-state index in [9.17, 15) is 9.59 Å². The van der Waals surface area contributed by atoms with Gasteiger partial charge in [0.1, 0.15) is 0 Å². The second-order valence-electron chi connectivity index (χ2n) is 9.99. The third kappa shape index (κ3) is 5.73. The van der Waals surface area contributed by atoms with Crippen molar-refractivity contribution in [3.63, 3.8) is 0 Å². The quantitative estimate of drug-likeness (QED) is 0.553. The van der Waals surface area contributed by atoms with Gasteiger partial charge < -0.3 is 10.2 Å². The molecule has 5 rings (SSSR count). The number of benzene rings is 3. The van der Waals surface area contributed by atoms with Gasteiger partial charge in [-0.2, -0.15) is 0 Å². The Hall–Kier alpha value is -3.18. The number of hydrogen-bond donors (Lipinski definition) is 1. The molecule has 35 heavy (non-hydrogen) atoms. The zero-order valence-electron chi connectivity index (χ0n) is 20.4. The summed E-state index contributed by atoms with van der Waals surface area (Å²) in [5.74, 6) is -0.109. The fraction of sp³-hybridized carbons (Fsp3) is 0.400. The highest BCUT2D eigenvalue weighted by molar-refractivity contribution is 6.07. The summed E-state index contributed by atoms with van der Waals surface area (Å²) >= 11 is 0. The van der Waals surface area contributed by atoms with Gasteiger partial charge in [-0.1, -0.05) is 67.1 Å². The number of piperidine rings is 2. The zero-order valence-corrected chi connectivity index (χ0v) is 20.4. The van der Waals surface area contributed by atoms with Crippen LogP contribution in [0.1, 0.15) is 53.6 Å². The van der Waals surface area contributed by atoms with E-state index in [1.54, 1.807) is 0 Å². The maximum absolute atomic E-state index is 13.3. The molecule has 2 heterocycles. The molecule has 1 unspecified atom stereocenters. The first-order chi connectivity index (χ1) is 17.2. The second kappa shape index (κ2) is 11.0. The third-order valence-corrected chi connectivity index (χ3v) is 7.44. The molecule has 1 N–H and O–H groups in total. The van der Waals surface area contributed by atoms with Gasteiger partial charge in [0.2, 0.25) is 5.91 Å². The van der Waals surface area contributed by atoms with Crippen LogP contribution in [-0.4, -0.2) is 47.8 Å². The third-order valence-electron chi connectivity index (χ3n) is 7.44. The molecule has 3 aromatic rings. The molecule has 0 saturated carbocycles. The Labute approximate surface area is 208 Å². The van der Waals surface area contributed by atoms with Crippen LogP contribution in [0.5, 0.6) is 0 Å². The fourth-order valence-corrected chi connectivity index (χ4v) is 5.43. The van der Waals surface area contributed by atoms with Crippen molar-refractivity contribution in [1.82, 2.24) is 15.1 Å². The molecule has 0 aliphatic carbocycles. The summed E-state index contributed by atoms with van der Waals surface area (Å²) in [6.07, 6.45) is 5.62. The van der Waals surface area contributed by atoms with Gasteiger partial charge in [-0.25, -0.2) is 0 Å². The number of nitrogens with one attached hydrogen (secondary N) is 1. The normalized spacial score (nSPS) is 19.0. The maximum Gasteiger partial charge on any atom is 0.254 e. The molecular formula is C30H35N3O2. The summed E-state index contributed by atoms with van der Waals surface area (Å²) in [5.41, 5.74) is 3.16. The van der Waals surface area contributed by atoms with E-state index < -0.39 is 0 Å². The smallest absolute Gasteiger partial charge is 0.254 e. The van der Waals surface area contributed by atoms with Crippen molar-refractivity contribution in [3.8, 4) is 0 Å². The largest absolute Gasteiger partial charge is 0.352 e. The first kappa shape index (κ1) is 23.6. The van der Waals surface area contributed by atoms with Crippen molar-refractivity contribution < 1.29 is 9.59 Å². The number of rotatable bonds is 6. The lowest BCUT2D eigenvalue weighted by molar-refractivity contribution is -0.126. The Bertz CT molecular complexity index is 1160. The van der Waals surface area contributed by atoms with Crippen molar-refractivity contribution in [2.75, 3.05) is 26.2 Å². The number of hydrogen-bond acceptors (Lipinski definition) is 3. The second-order valence-corrected chi connectivity index (χ2v) is 9.99. The molecule has 2 aliphatic rings. The molecule has 0 spiro atoms. The lowest BCUT2D eigenvalue weighted by atomic mass is 9.95. The average molecular weight is 470 g/mol. The van der Waals surface area contributed by atoms with Crippen LogP contribution < -0.4 is 5.32 Å². The van der Waals surface area contributed by atoms with Gasteiger partial charge in [-0.3, -0.25) is 14.5 Å². The molecule has 0 bridgehead atoms. The van der Waals surface area contributed by atoms with Crippen LogP contribution in [0.15, 0.2) is 66.7 Å². The van der Waals surface area contributed by atoms with E-state index in [1.807, 2.05) is 47.4 Å². The van der Waals surface area contributed by atoms with Crippen molar-refractivity contribution in [2.24, 2.45) is 5.92 Å². The maximum atomic E-state index is 13.3. The Balaban J connectivity index is 1.15. The van der Waals surface area contributed by atoms with E-state index >= 15 is 0 Å². The minimum atomic E-state index is -0.166. The lowest BCUT2D eigenvalue weighted by Crippen LogP contribution is -2.45. The highest BCUT2D eigenvalue weighted by Gasteiger charge is 2.29. The summed E-state index contributed by atoms with van der Waals surface area (Å²) in [5, 5.41) is 5.14. The fourth-order valence-electron chi connectivity index (χ4n) is 5.43. The first-order valence-electron chi connectivity index (χ1n) is 13.0. The number of carbonyl (C=O) groups is 2. The van der Waals surface area contributed by atoms with Gasteiger partial charge >= 0.3 is 0 Å². The van der Waals surface area contributed by atoms with Crippen LogP contribution in [-0.2, 0) is 17.9 Å². The van der Waals surface area contributed by atoms with E-state index in [2.05, 4.69) is 34.5 Å². The SMILES string of the molecule is O=C(NCc1ccc(CN2CCCCC2)cc1)C1CCCN(C(=O)c2cccc3ccccc23)C1. The topological polar surface area (TPSA) is 52.7 Å². The molecule has 182 valence electrons. The number of carbonyl (C=O) groups excluding carboxylic acids is 2. The lowest BCUT2D eigenvalue weighted by Gasteiger charge is -2.32. The zero-order chi connectivity index (χ0) is 24.0. The van der Waals surface area contributed by atoms with Crippen LogP contribution in [0.25, 0.3) is 10.8 Å². The number of amides is 2. The Morgan fingerprint density at radius 1 is 0.800 bits per heavy atom. The first-order valence-corrected chi connectivity index (χ1v) is 13.0. The van der Waals surface area contributed by atoms with Crippen molar-refractivity contribution in [2.45, 2.75) is 45.2 Å². The van der Waals surface area contributed by atoms with Crippen LogP contribution >= 0.6 is 0 Å². The summed E-state index contributed by atoms with van der Waals surface area (Å²) in [6.45, 7) is 5.09. The predicted molar refractivity (Wildman–Crippen MR) is 140 cm³/mol. The molecule has 2 aliphatic heterocycles. The minimum Gasteiger partial charge on any atom is -0.352 e. The van der Waals surface area contributed by atoms with Crippen LogP contribution in [0.3, 0.4) is 0 Å². The monoisotopic (exact) mass is 469 g/mol. The average Bonchev–Trinajstić information content (AvgIpc) is 2.92. The van der Waals surface area contributed by atoms with Crippen molar-refractivity contribution in [1.29, 1.82) is 0 Å². The van der Waals surface area contributed by atoms with Gasteiger partial charge in [0.25, 0.3) is 5.91 Å². The molecule has 3 aromatic carbocycles. The van der Waals surface area contributed by atoms with Crippen LogP contribution in [0.2, 0.25) is 0 Å². The molecule has 0 aromatic heterocycles. The van der Waals surface area contributed by atoms with Gasteiger partial charge in [0.15, 0.2) is 0 Å². The minimum absolute atomic E-state index is 0.0172. The molecular weight excluding hydrogens is 434 g/mol. The standard InChI is InChI=1S/C30H35N3O2/c34-29(31-20-23-13-15-24(16-14-23)21-32-17-4-1-5-18-32)26-10-7-19-33(22-26)30(35)28-12-6-9-25-8-2-3-11-27(25)28/h2-3,6,8-9,11-16,26H,1,4-5,7,10,17-22H2,(H,31,34). The van der Waals surface area contributed by atoms with E-state index in [4.69, 9.17) is 0 Å². The summed E-state index contributed by atoms with van der Waals surface area (Å²) < 4.78 is 0. The number of nitrogens with zero attached hydrogens (tertiary/aromatic N) is 2. The number of likely N-dealkylation sites (tertiary alicyclic amines) is 2. The molecule has 2 amide bonds. The Morgan fingerprint density at radius 2 is 1.54 bits per heavy atom. The Kier molecular flexibility index (Phi) is 7.43. The summed E-state index contributed by atoms with van der Waals surface area (Å²) in [7, 11) is 0. The van der Waals surface area contributed by atoms with E-state index in [0.717, 1.165) is 35.7 Å². The van der Waals surface area contributed by atoms with Crippen molar-refractivity contribution in [3.05, 3.63) is 83.4 Å². The van der Waals surface area contributed by atoms with E-state index in [-0.39, 0.29) is 17.7 Å². The molecule has 2 fully saturated rings. The molecule has 5 heteroatoms. The highest BCUT2D eigenvalue weighted by Crippen LogP contribution is 2.24. The summed E-state index contributed by atoms with van der Waals surface area (Å²) in [6, 6.07) is 22.4. The molecule has 5 nitrogen and oxygen atoms in total. The van der Waals surface area contributed by atoms with E-state index in [1.165, 1.54) is 37.9 Å². The number of fused-ring (bicyclic) bond motifs is 1. The highest BCUT2D eigenvalue weighted by atomic mass is 16.2. The molecule has 0 radical (unpaired) electrons. The van der Waals surface area contributed by atoms with Gasteiger partial charge in [0.05, 0.1) is 5.92 Å². The van der Waals surface area contributed by atoms with Gasteiger partial charge in [-0.05, 0) is 66.7 Å². The Morgan fingerprint density at radius 3 is 2.37 bits per heavy atom. The van der Waals surface area contributed by atoms with Crippen LogP contribution in [0.4, 0.5) is 0 Å². The van der Waals surface area contributed by atoms with Crippen molar-refractivity contribution >= 4 is 22.6 Å². The van der Waals surface area contributed by atoms with Crippen LogP contribution in [0, 0.1) is 5.92 Å². The van der Waals surface area contributed by atoms with Gasteiger partial charge in [-0.15, -0.1) is 0 Å². The predicted octanol–water partition coefficient (Wildman–Crippen LogP) is 4.99. The summed E-state index contributed by atoms with van der Waals surface area (Å²) in [4.78, 5) is 30.7.